The van der Waals surface area contributed by atoms with E-state index < -0.39 is 30.2 Å². The molecular weight excluding hydrogens is 346 g/mol. The highest BCUT2D eigenvalue weighted by Gasteiger charge is 2.52. The third-order valence-electron chi connectivity index (χ3n) is 5.04. The summed E-state index contributed by atoms with van der Waals surface area (Å²) in [6, 6.07) is 11.4. The minimum absolute atomic E-state index is 0.304. The number of anilines is 2. The molecule has 0 spiro atoms. The summed E-state index contributed by atoms with van der Waals surface area (Å²) in [5, 5.41) is 5.35. The summed E-state index contributed by atoms with van der Waals surface area (Å²) < 4.78 is 26.4. The minimum Gasteiger partial charge on any atom is -0.399 e. The van der Waals surface area contributed by atoms with Gasteiger partial charge >= 0.3 is 13.1 Å². The number of nitrogens with one attached hydrogen (secondary N) is 2. The number of carbonyl (C=O) groups excluding carboxylic acids is 1. The van der Waals surface area contributed by atoms with Crippen LogP contribution in [0.4, 0.5) is 20.6 Å². The van der Waals surface area contributed by atoms with Crippen LogP contribution in [-0.2, 0) is 9.31 Å². The number of rotatable bonds is 3. The van der Waals surface area contributed by atoms with Gasteiger partial charge in [0.05, 0.1) is 11.2 Å². The van der Waals surface area contributed by atoms with Crippen molar-refractivity contribution >= 4 is 30.0 Å². The van der Waals surface area contributed by atoms with Crippen molar-refractivity contribution in [3.8, 4) is 0 Å². The van der Waals surface area contributed by atoms with Gasteiger partial charge in [0.15, 0.2) is 0 Å². The second kappa shape index (κ2) is 6.98. The van der Waals surface area contributed by atoms with Crippen LogP contribution in [0.25, 0.3) is 0 Å². The molecule has 0 radical (unpaired) electrons. The van der Waals surface area contributed by atoms with Crippen molar-refractivity contribution in [1.29, 1.82) is 0 Å². The highest BCUT2D eigenvalue weighted by atomic mass is 19.1. The summed E-state index contributed by atoms with van der Waals surface area (Å²) in [4.78, 5) is 12.1. The molecular formula is C20H24BFN2O3. The topological polar surface area (TPSA) is 59.6 Å². The molecule has 2 aromatic carbocycles. The number of benzene rings is 2. The summed E-state index contributed by atoms with van der Waals surface area (Å²) in [7, 11) is -0.787. The Bertz CT molecular complexity index is 854. The van der Waals surface area contributed by atoms with Crippen molar-refractivity contribution < 1.29 is 18.5 Å². The Balaban J connectivity index is 1.69. The summed E-state index contributed by atoms with van der Waals surface area (Å²) >= 11 is 0. The third-order valence-corrected chi connectivity index (χ3v) is 5.04. The molecule has 142 valence electrons. The number of hydrogen-bond donors (Lipinski definition) is 2. The number of carbonyl (C=O) groups is 1. The highest BCUT2D eigenvalue weighted by Crippen LogP contribution is 2.36. The molecule has 1 saturated heterocycles. The predicted octanol–water partition coefficient (Wildman–Crippen LogP) is 4.08. The van der Waals surface area contributed by atoms with Gasteiger partial charge in [0.2, 0.25) is 0 Å². The molecule has 7 heteroatoms. The van der Waals surface area contributed by atoms with Crippen LogP contribution in [-0.4, -0.2) is 24.4 Å². The first-order valence-corrected chi connectivity index (χ1v) is 8.87. The lowest BCUT2D eigenvalue weighted by molar-refractivity contribution is 0.00578. The molecule has 1 aliphatic rings. The molecule has 0 saturated carbocycles. The van der Waals surface area contributed by atoms with E-state index in [-0.39, 0.29) is 0 Å². The van der Waals surface area contributed by atoms with E-state index in [0.29, 0.717) is 16.8 Å². The molecule has 3 rings (SSSR count). The second-order valence-corrected chi connectivity index (χ2v) is 7.77. The molecule has 2 aromatic rings. The summed E-state index contributed by atoms with van der Waals surface area (Å²) in [5.41, 5.74) is 1.26. The van der Waals surface area contributed by atoms with E-state index in [4.69, 9.17) is 9.31 Å². The Kier molecular flexibility index (Phi) is 5.01. The lowest BCUT2D eigenvalue weighted by atomic mass is 9.78. The first-order valence-electron chi connectivity index (χ1n) is 8.87. The lowest BCUT2D eigenvalue weighted by Crippen LogP contribution is -2.41. The maximum atomic E-state index is 14.6. The summed E-state index contributed by atoms with van der Waals surface area (Å²) in [6.07, 6.45) is 0. The zero-order chi connectivity index (χ0) is 19.8. The number of hydrogen-bond acceptors (Lipinski definition) is 3. The van der Waals surface area contributed by atoms with Gasteiger partial charge in [-0.2, -0.15) is 0 Å². The number of urea groups is 1. The standard InChI is InChI=1S/C20H24BFN2O3/c1-13-7-6-8-14(11-13)23-18(25)24-15-9-10-16(17(22)12-15)21-26-19(2,3)20(4,5)27-21/h6-12H,1-5H3,(H2,23,24,25). The molecule has 0 bridgehead atoms. The zero-order valence-electron chi connectivity index (χ0n) is 16.2. The van der Waals surface area contributed by atoms with Crippen LogP contribution in [0.2, 0.25) is 0 Å². The monoisotopic (exact) mass is 370 g/mol. The molecule has 1 heterocycles. The Hall–Kier alpha value is -2.38. The molecule has 27 heavy (non-hydrogen) atoms. The van der Waals surface area contributed by atoms with Crippen LogP contribution >= 0.6 is 0 Å². The summed E-state index contributed by atoms with van der Waals surface area (Å²) in [5.74, 6) is -0.498. The van der Waals surface area contributed by atoms with Gasteiger partial charge in [0.1, 0.15) is 5.82 Å². The van der Waals surface area contributed by atoms with E-state index in [9.17, 15) is 9.18 Å². The fourth-order valence-corrected chi connectivity index (χ4v) is 2.78. The van der Waals surface area contributed by atoms with E-state index in [1.54, 1.807) is 18.2 Å². The Morgan fingerprint density at radius 3 is 2.11 bits per heavy atom. The normalized spacial score (nSPS) is 17.6. The van der Waals surface area contributed by atoms with Crippen molar-refractivity contribution in [2.45, 2.75) is 45.8 Å². The third kappa shape index (κ3) is 4.15. The van der Waals surface area contributed by atoms with Crippen molar-refractivity contribution in [1.82, 2.24) is 0 Å². The SMILES string of the molecule is Cc1cccc(NC(=O)Nc2ccc(B3OC(C)(C)C(C)(C)O3)c(F)c2)c1. The van der Waals surface area contributed by atoms with E-state index in [2.05, 4.69) is 10.6 Å². The molecule has 1 aliphatic heterocycles. The minimum atomic E-state index is -0.787. The Labute approximate surface area is 159 Å². The Morgan fingerprint density at radius 1 is 0.963 bits per heavy atom. The maximum Gasteiger partial charge on any atom is 0.497 e. The quantitative estimate of drug-likeness (QED) is 0.801. The van der Waals surface area contributed by atoms with Gasteiger partial charge in [0, 0.05) is 16.8 Å². The fourth-order valence-electron chi connectivity index (χ4n) is 2.78. The van der Waals surface area contributed by atoms with Gasteiger partial charge in [-0.15, -0.1) is 0 Å². The second-order valence-electron chi connectivity index (χ2n) is 7.77. The van der Waals surface area contributed by atoms with Crippen LogP contribution in [0.1, 0.15) is 33.3 Å². The van der Waals surface area contributed by atoms with Crippen LogP contribution in [0.15, 0.2) is 42.5 Å². The molecule has 2 N–H and O–H groups in total. The molecule has 0 aliphatic carbocycles. The first-order chi connectivity index (χ1) is 12.6. The maximum absolute atomic E-state index is 14.6. The van der Waals surface area contributed by atoms with Gasteiger partial charge in [-0.1, -0.05) is 18.2 Å². The Morgan fingerprint density at radius 2 is 1.56 bits per heavy atom. The van der Waals surface area contributed by atoms with Crippen molar-refractivity contribution in [2.24, 2.45) is 0 Å². The predicted molar refractivity (Wildman–Crippen MR) is 106 cm³/mol. The number of aryl methyl sites for hydroxylation is 1. The van der Waals surface area contributed by atoms with Gasteiger partial charge in [-0.05, 0) is 64.4 Å². The van der Waals surface area contributed by atoms with Gasteiger partial charge in [-0.25, -0.2) is 9.18 Å². The van der Waals surface area contributed by atoms with E-state index in [1.807, 2.05) is 52.8 Å². The van der Waals surface area contributed by atoms with Crippen LogP contribution in [0.5, 0.6) is 0 Å². The van der Waals surface area contributed by atoms with Gasteiger partial charge < -0.3 is 19.9 Å². The van der Waals surface area contributed by atoms with Crippen molar-refractivity contribution in [3.63, 3.8) is 0 Å². The number of halogens is 1. The van der Waals surface area contributed by atoms with Crippen LogP contribution in [0, 0.1) is 12.7 Å². The average molecular weight is 370 g/mol. The largest absolute Gasteiger partial charge is 0.497 e. The molecule has 1 fully saturated rings. The van der Waals surface area contributed by atoms with E-state index in [0.717, 1.165) is 5.56 Å². The summed E-state index contributed by atoms with van der Waals surface area (Å²) in [6.45, 7) is 9.59. The highest BCUT2D eigenvalue weighted by molar-refractivity contribution is 6.62. The zero-order valence-corrected chi connectivity index (χ0v) is 16.2. The van der Waals surface area contributed by atoms with Gasteiger partial charge in [-0.3, -0.25) is 0 Å². The lowest BCUT2D eigenvalue weighted by Gasteiger charge is -2.32. The molecule has 0 unspecified atom stereocenters. The van der Waals surface area contributed by atoms with Crippen LogP contribution < -0.4 is 16.1 Å². The first kappa shape index (κ1) is 19.4. The number of amides is 2. The van der Waals surface area contributed by atoms with E-state index >= 15 is 0 Å². The average Bonchev–Trinajstić information content (AvgIpc) is 2.75. The molecule has 0 aromatic heterocycles. The van der Waals surface area contributed by atoms with Crippen molar-refractivity contribution in [3.05, 3.63) is 53.8 Å². The van der Waals surface area contributed by atoms with E-state index in [1.165, 1.54) is 6.07 Å². The van der Waals surface area contributed by atoms with Crippen LogP contribution in [0.3, 0.4) is 0 Å². The molecule has 2 amide bonds. The smallest absolute Gasteiger partial charge is 0.399 e. The molecule has 0 atom stereocenters. The fraction of sp³-hybridized carbons (Fsp3) is 0.350. The van der Waals surface area contributed by atoms with Crippen molar-refractivity contribution in [2.75, 3.05) is 10.6 Å². The van der Waals surface area contributed by atoms with Gasteiger partial charge in [0.25, 0.3) is 0 Å². The molecule has 5 nitrogen and oxygen atoms in total.